The second-order valence-electron chi connectivity index (χ2n) is 2.91. The first kappa shape index (κ1) is 9.59. The van der Waals surface area contributed by atoms with Gasteiger partial charge in [0.05, 0.1) is 12.6 Å². The third kappa shape index (κ3) is 3.58. The van der Waals surface area contributed by atoms with Crippen LogP contribution in [0.15, 0.2) is 0 Å². The van der Waals surface area contributed by atoms with Crippen molar-refractivity contribution in [3.05, 3.63) is 0 Å². The van der Waals surface area contributed by atoms with Gasteiger partial charge in [0.2, 0.25) is 0 Å². The molecule has 0 rings (SSSR count). The zero-order chi connectivity index (χ0) is 8.15. The number of carbonyl (C=O) groups is 1. The van der Waals surface area contributed by atoms with Crippen LogP contribution in [-0.4, -0.2) is 18.4 Å². The van der Waals surface area contributed by atoms with Crippen molar-refractivity contribution in [2.75, 3.05) is 6.54 Å². The van der Waals surface area contributed by atoms with E-state index in [0.717, 1.165) is 6.42 Å². The molecule has 10 heavy (non-hydrogen) atoms. The van der Waals surface area contributed by atoms with E-state index in [2.05, 4.69) is 0 Å². The molecule has 3 heteroatoms. The first-order valence-electron chi connectivity index (χ1n) is 3.56. The van der Waals surface area contributed by atoms with Crippen LogP contribution in [0.5, 0.6) is 0 Å². The van der Waals surface area contributed by atoms with E-state index in [1.807, 2.05) is 13.8 Å². The van der Waals surface area contributed by atoms with E-state index in [1.165, 1.54) is 0 Å². The van der Waals surface area contributed by atoms with Gasteiger partial charge in [-0.1, -0.05) is 13.8 Å². The van der Waals surface area contributed by atoms with E-state index in [1.54, 1.807) is 0 Å². The fourth-order valence-corrected chi connectivity index (χ4v) is 0.791. The number of rotatable bonds is 4. The Morgan fingerprint density at radius 1 is 1.50 bits per heavy atom. The van der Waals surface area contributed by atoms with Crippen LogP contribution in [0.25, 0.3) is 0 Å². The predicted molar refractivity (Wildman–Crippen MR) is 41.5 cm³/mol. The summed E-state index contributed by atoms with van der Waals surface area (Å²) in [6.07, 6.45) is 0.732. The van der Waals surface area contributed by atoms with Crippen LogP contribution in [0.2, 0.25) is 0 Å². The van der Waals surface area contributed by atoms with Gasteiger partial charge in [0.1, 0.15) is 0 Å². The van der Waals surface area contributed by atoms with Crippen LogP contribution in [0, 0.1) is 5.92 Å². The quantitative estimate of drug-likeness (QED) is 0.578. The maximum absolute atomic E-state index is 10.8. The summed E-state index contributed by atoms with van der Waals surface area (Å²) in [4.78, 5) is 10.8. The summed E-state index contributed by atoms with van der Waals surface area (Å²) in [5, 5.41) is 0. The molecule has 0 saturated heterocycles. The predicted octanol–water partition coefficient (Wildman–Crippen LogP) is -0.112. The van der Waals surface area contributed by atoms with E-state index in [9.17, 15) is 4.79 Å². The molecular weight excluding hydrogens is 128 g/mol. The van der Waals surface area contributed by atoms with Gasteiger partial charge in [0, 0.05) is 0 Å². The summed E-state index contributed by atoms with van der Waals surface area (Å²) in [7, 11) is 0. The van der Waals surface area contributed by atoms with Crippen molar-refractivity contribution >= 4 is 5.78 Å². The number of hydrogen-bond acceptors (Lipinski definition) is 3. The lowest BCUT2D eigenvalue weighted by molar-refractivity contribution is -0.119. The van der Waals surface area contributed by atoms with E-state index in [0.29, 0.717) is 5.92 Å². The highest BCUT2D eigenvalue weighted by Crippen LogP contribution is 2.02. The van der Waals surface area contributed by atoms with Crippen LogP contribution >= 0.6 is 0 Å². The summed E-state index contributed by atoms with van der Waals surface area (Å²) in [6.45, 7) is 4.13. The molecule has 0 aromatic rings. The van der Waals surface area contributed by atoms with Crippen molar-refractivity contribution in [3.8, 4) is 0 Å². The van der Waals surface area contributed by atoms with Gasteiger partial charge >= 0.3 is 0 Å². The normalized spacial score (nSPS) is 13.7. The molecule has 0 saturated carbocycles. The summed E-state index contributed by atoms with van der Waals surface area (Å²) in [5.74, 6) is 0.416. The van der Waals surface area contributed by atoms with E-state index in [-0.39, 0.29) is 18.4 Å². The average molecular weight is 144 g/mol. The smallest absolute Gasteiger partial charge is 0.163 e. The summed E-state index contributed by atoms with van der Waals surface area (Å²) in [6, 6.07) is -0.356. The molecule has 0 radical (unpaired) electrons. The van der Waals surface area contributed by atoms with Gasteiger partial charge in [-0.05, 0) is 12.3 Å². The highest BCUT2D eigenvalue weighted by Gasteiger charge is 2.12. The molecule has 1 atom stereocenters. The molecule has 0 unspecified atom stereocenters. The zero-order valence-corrected chi connectivity index (χ0v) is 6.63. The Morgan fingerprint density at radius 3 is 2.30 bits per heavy atom. The molecular formula is C7H16N2O. The molecule has 0 aliphatic rings. The Hall–Kier alpha value is -0.410. The largest absolute Gasteiger partial charge is 0.324 e. The second-order valence-corrected chi connectivity index (χ2v) is 2.91. The standard InChI is InChI=1S/C7H16N2O/c1-5(2)3-6(9)7(10)4-8/h5-6H,3-4,8-9H2,1-2H3/t6-/m0/s1. The molecule has 3 nitrogen and oxygen atoms in total. The average Bonchev–Trinajstić information content (AvgIpc) is 1.85. The monoisotopic (exact) mass is 144 g/mol. The Balaban J connectivity index is 3.61. The van der Waals surface area contributed by atoms with E-state index >= 15 is 0 Å². The van der Waals surface area contributed by atoms with Gasteiger partial charge in [-0.25, -0.2) is 0 Å². The fraction of sp³-hybridized carbons (Fsp3) is 0.857. The van der Waals surface area contributed by atoms with Crippen molar-refractivity contribution in [2.24, 2.45) is 17.4 Å². The Labute approximate surface area is 61.8 Å². The number of carbonyl (C=O) groups excluding carboxylic acids is 1. The Bertz CT molecular complexity index is 112. The van der Waals surface area contributed by atoms with Gasteiger partial charge < -0.3 is 11.5 Å². The van der Waals surface area contributed by atoms with Gasteiger partial charge in [-0.2, -0.15) is 0 Å². The van der Waals surface area contributed by atoms with Crippen molar-refractivity contribution in [1.82, 2.24) is 0 Å². The van der Waals surface area contributed by atoms with Crippen molar-refractivity contribution in [1.29, 1.82) is 0 Å². The van der Waals surface area contributed by atoms with Crippen LogP contribution in [0.1, 0.15) is 20.3 Å². The van der Waals surface area contributed by atoms with Gasteiger partial charge in [0.25, 0.3) is 0 Å². The van der Waals surface area contributed by atoms with Crippen LogP contribution in [-0.2, 0) is 4.79 Å². The molecule has 60 valence electrons. The minimum Gasteiger partial charge on any atom is -0.324 e. The molecule has 0 heterocycles. The first-order chi connectivity index (χ1) is 4.57. The number of ketones is 1. The number of Topliss-reactive ketones (excluding diaryl/α,β-unsaturated/α-hetero) is 1. The van der Waals surface area contributed by atoms with Crippen LogP contribution < -0.4 is 11.5 Å². The lowest BCUT2D eigenvalue weighted by Gasteiger charge is -2.10. The SMILES string of the molecule is CC(C)C[C@H](N)C(=O)CN. The van der Waals surface area contributed by atoms with E-state index in [4.69, 9.17) is 11.5 Å². The molecule has 0 spiro atoms. The van der Waals surface area contributed by atoms with Crippen molar-refractivity contribution < 1.29 is 4.79 Å². The summed E-state index contributed by atoms with van der Waals surface area (Å²) >= 11 is 0. The summed E-state index contributed by atoms with van der Waals surface area (Å²) < 4.78 is 0. The lowest BCUT2D eigenvalue weighted by atomic mass is 10.0. The second kappa shape index (κ2) is 4.41. The molecule has 4 N–H and O–H groups in total. The zero-order valence-electron chi connectivity index (χ0n) is 6.63. The molecule has 0 fully saturated rings. The highest BCUT2D eigenvalue weighted by molar-refractivity contribution is 5.85. The van der Waals surface area contributed by atoms with Gasteiger partial charge in [-0.15, -0.1) is 0 Å². The maximum Gasteiger partial charge on any atom is 0.163 e. The van der Waals surface area contributed by atoms with Gasteiger partial charge in [0.15, 0.2) is 5.78 Å². The van der Waals surface area contributed by atoms with Gasteiger partial charge in [-0.3, -0.25) is 4.79 Å². The minimum absolute atomic E-state index is 0.0475. The Kier molecular flexibility index (Phi) is 4.23. The summed E-state index contributed by atoms with van der Waals surface area (Å²) in [5.41, 5.74) is 10.6. The number of hydrogen-bond donors (Lipinski definition) is 2. The van der Waals surface area contributed by atoms with Crippen LogP contribution in [0.3, 0.4) is 0 Å². The topological polar surface area (TPSA) is 69.1 Å². The lowest BCUT2D eigenvalue weighted by Crippen LogP contribution is -2.36. The first-order valence-corrected chi connectivity index (χ1v) is 3.56. The van der Waals surface area contributed by atoms with Crippen molar-refractivity contribution in [2.45, 2.75) is 26.3 Å². The molecule has 0 aliphatic heterocycles. The third-order valence-electron chi connectivity index (χ3n) is 1.34. The third-order valence-corrected chi connectivity index (χ3v) is 1.34. The Morgan fingerprint density at radius 2 is 2.00 bits per heavy atom. The number of nitrogens with two attached hydrogens (primary N) is 2. The fourth-order valence-electron chi connectivity index (χ4n) is 0.791. The minimum atomic E-state index is -0.356. The molecule has 0 aromatic heterocycles. The molecule has 0 aliphatic carbocycles. The molecule has 0 bridgehead atoms. The maximum atomic E-state index is 10.8. The molecule has 0 amide bonds. The molecule has 0 aromatic carbocycles. The van der Waals surface area contributed by atoms with Crippen LogP contribution in [0.4, 0.5) is 0 Å². The highest BCUT2D eigenvalue weighted by atomic mass is 16.1. The van der Waals surface area contributed by atoms with E-state index < -0.39 is 0 Å². The van der Waals surface area contributed by atoms with Crippen molar-refractivity contribution in [3.63, 3.8) is 0 Å².